The van der Waals surface area contributed by atoms with Gasteiger partial charge in [-0.05, 0) is 49.3 Å². The average molecular weight is 511 g/mol. The summed E-state index contributed by atoms with van der Waals surface area (Å²) in [6.45, 7) is -0.733. The fraction of sp³-hybridized carbons (Fsp3) is 0.667. The first kappa shape index (κ1) is 27.0. The van der Waals surface area contributed by atoms with Gasteiger partial charge in [-0.25, -0.2) is 9.78 Å². The van der Waals surface area contributed by atoms with E-state index in [4.69, 9.17) is 10.5 Å². The third-order valence-electron chi connectivity index (χ3n) is 6.50. The van der Waals surface area contributed by atoms with Crippen LogP contribution in [0.2, 0.25) is 0 Å². The van der Waals surface area contributed by atoms with Gasteiger partial charge in [0.05, 0.1) is 31.2 Å². The highest BCUT2D eigenvalue weighted by Gasteiger charge is 2.48. The van der Waals surface area contributed by atoms with Gasteiger partial charge in [0, 0.05) is 13.3 Å². The van der Waals surface area contributed by atoms with Gasteiger partial charge in [0.15, 0.2) is 0 Å². The van der Waals surface area contributed by atoms with Crippen molar-refractivity contribution in [2.75, 3.05) is 25.6 Å². The molecular formula is C21H27F6N5O3. The molecule has 1 aromatic heterocycles. The Morgan fingerprint density at radius 3 is 2.43 bits per heavy atom. The molecule has 3 amide bonds. The Balaban J connectivity index is 1.67. The number of pyridine rings is 1. The van der Waals surface area contributed by atoms with Crippen LogP contribution < -0.4 is 16.4 Å². The van der Waals surface area contributed by atoms with Crippen molar-refractivity contribution in [3.63, 3.8) is 0 Å². The van der Waals surface area contributed by atoms with E-state index < -0.39 is 60.8 Å². The second-order valence-corrected chi connectivity index (χ2v) is 8.81. The number of alkyl halides is 6. The minimum Gasteiger partial charge on any atom is -0.382 e. The van der Waals surface area contributed by atoms with Crippen LogP contribution >= 0.6 is 0 Å². The highest BCUT2D eigenvalue weighted by atomic mass is 19.4. The molecule has 0 bridgehead atoms. The number of carbonyl (C=O) groups is 2. The van der Waals surface area contributed by atoms with Crippen molar-refractivity contribution in [2.24, 2.45) is 17.6 Å². The van der Waals surface area contributed by atoms with Crippen LogP contribution in [0.15, 0.2) is 18.3 Å². The van der Waals surface area contributed by atoms with Crippen LogP contribution in [0.5, 0.6) is 0 Å². The van der Waals surface area contributed by atoms with E-state index in [2.05, 4.69) is 10.3 Å². The molecule has 3 rings (SSSR count). The minimum absolute atomic E-state index is 0.0417. The lowest BCUT2D eigenvalue weighted by atomic mass is 9.78. The van der Waals surface area contributed by atoms with Crippen LogP contribution in [0.1, 0.15) is 37.3 Å². The molecule has 35 heavy (non-hydrogen) atoms. The molecule has 8 nitrogen and oxygen atoms in total. The van der Waals surface area contributed by atoms with Gasteiger partial charge >= 0.3 is 18.4 Å². The Kier molecular flexibility index (Phi) is 8.14. The molecule has 0 spiro atoms. The molecule has 14 heteroatoms. The predicted molar refractivity (Wildman–Crippen MR) is 112 cm³/mol. The van der Waals surface area contributed by atoms with Crippen LogP contribution in [0.25, 0.3) is 0 Å². The summed E-state index contributed by atoms with van der Waals surface area (Å²) in [4.78, 5) is 29.9. The van der Waals surface area contributed by atoms with E-state index in [1.807, 2.05) is 5.32 Å². The van der Waals surface area contributed by atoms with Gasteiger partial charge in [0.2, 0.25) is 5.91 Å². The number of anilines is 1. The summed E-state index contributed by atoms with van der Waals surface area (Å²) < 4.78 is 83.0. The van der Waals surface area contributed by atoms with Crippen LogP contribution in [0, 0.1) is 11.8 Å². The highest BCUT2D eigenvalue weighted by molar-refractivity contribution is 5.94. The number of nitrogens with two attached hydrogens (primary N) is 1. The Labute approximate surface area is 197 Å². The third kappa shape index (κ3) is 6.54. The summed E-state index contributed by atoms with van der Waals surface area (Å²) in [5.74, 6) is -2.42. The van der Waals surface area contributed by atoms with E-state index in [1.54, 1.807) is 0 Å². The first-order valence-corrected chi connectivity index (χ1v) is 11.0. The molecule has 1 saturated carbocycles. The van der Waals surface area contributed by atoms with Crippen LogP contribution in [-0.4, -0.2) is 66.5 Å². The van der Waals surface area contributed by atoms with Gasteiger partial charge in [-0.3, -0.25) is 4.79 Å². The number of halogens is 6. The lowest BCUT2D eigenvalue weighted by molar-refractivity contribution is -0.184. The zero-order chi connectivity index (χ0) is 26.0. The highest BCUT2D eigenvalue weighted by Crippen LogP contribution is 2.40. The SMILES string of the molecule is COC[C@H](c1ccnc(NC(=O)[C@H](N)C2CCC(C(F)(F)F)CC2)c1)N1C[C@@H](C(F)(F)F)NC1=O. The fourth-order valence-electron chi connectivity index (χ4n) is 4.49. The molecule has 1 saturated heterocycles. The number of ether oxygens (including phenoxy) is 1. The number of aromatic nitrogens is 1. The molecule has 0 radical (unpaired) electrons. The van der Waals surface area contributed by atoms with Gasteiger partial charge in [-0.1, -0.05) is 0 Å². The number of nitrogens with zero attached hydrogens (tertiary/aromatic N) is 2. The van der Waals surface area contributed by atoms with Crippen molar-refractivity contribution in [2.45, 2.75) is 56.2 Å². The topological polar surface area (TPSA) is 110 Å². The minimum atomic E-state index is -4.62. The molecule has 1 aliphatic heterocycles. The van der Waals surface area contributed by atoms with Crippen LogP contribution in [-0.2, 0) is 9.53 Å². The Morgan fingerprint density at radius 1 is 1.23 bits per heavy atom. The number of urea groups is 1. The first-order valence-electron chi connectivity index (χ1n) is 11.0. The predicted octanol–water partition coefficient (Wildman–Crippen LogP) is 3.36. The van der Waals surface area contributed by atoms with Crippen molar-refractivity contribution in [3.05, 3.63) is 23.9 Å². The largest absolute Gasteiger partial charge is 0.410 e. The molecule has 2 aliphatic rings. The Hall–Kier alpha value is -2.61. The molecule has 2 fully saturated rings. The van der Waals surface area contributed by atoms with E-state index in [0.717, 1.165) is 4.90 Å². The van der Waals surface area contributed by atoms with E-state index in [0.29, 0.717) is 5.56 Å². The number of rotatable bonds is 7. The fourth-order valence-corrected chi connectivity index (χ4v) is 4.49. The summed E-state index contributed by atoms with van der Waals surface area (Å²) in [6, 6.07) is -2.01. The number of amides is 3. The molecule has 0 aromatic carbocycles. The van der Waals surface area contributed by atoms with Crippen molar-refractivity contribution < 1.29 is 40.7 Å². The van der Waals surface area contributed by atoms with Crippen molar-refractivity contribution in [3.8, 4) is 0 Å². The van der Waals surface area contributed by atoms with E-state index >= 15 is 0 Å². The number of nitrogens with one attached hydrogen (secondary N) is 2. The summed E-state index contributed by atoms with van der Waals surface area (Å²) in [7, 11) is 1.33. The van der Waals surface area contributed by atoms with E-state index in [9.17, 15) is 35.9 Å². The number of hydrogen-bond acceptors (Lipinski definition) is 5. The molecule has 2 heterocycles. The lowest BCUT2D eigenvalue weighted by Gasteiger charge is -2.32. The van der Waals surface area contributed by atoms with Crippen molar-refractivity contribution in [1.82, 2.24) is 15.2 Å². The zero-order valence-corrected chi connectivity index (χ0v) is 18.8. The van der Waals surface area contributed by atoms with E-state index in [1.165, 1.54) is 25.4 Å². The Morgan fingerprint density at radius 2 is 1.89 bits per heavy atom. The van der Waals surface area contributed by atoms with Gasteiger partial charge in [0.25, 0.3) is 0 Å². The average Bonchev–Trinajstić information content (AvgIpc) is 3.18. The molecule has 1 aromatic rings. The number of methoxy groups -OCH3 is 1. The Bertz CT molecular complexity index is 904. The maximum absolute atomic E-state index is 13.1. The molecule has 196 valence electrons. The van der Waals surface area contributed by atoms with Gasteiger partial charge in [0.1, 0.15) is 11.9 Å². The number of carbonyl (C=O) groups excluding carboxylic acids is 2. The van der Waals surface area contributed by atoms with Gasteiger partial charge in [-0.2, -0.15) is 26.3 Å². The maximum atomic E-state index is 13.1. The second kappa shape index (κ2) is 10.6. The molecule has 0 unspecified atom stereocenters. The first-order chi connectivity index (χ1) is 16.3. The summed E-state index contributed by atoms with van der Waals surface area (Å²) in [5.41, 5.74) is 6.37. The van der Waals surface area contributed by atoms with Crippen molar-refractivity contribution >= 4 is 17.8 Å². The summed E-state index contributed by atoms with van der Waals surface area (Å²) in [5, 5.41) is 4.41. The van der Waals surface area contributed by atoms with Gasteiger partial charge < -0.3 is 26.0 Å². The molecular weight excluding hydrogens is 484 g/mol. The van der Waals surface area contributed by atoms with Crippen LogP contribution in [0.3, 0.4) is 0 Å². The third-order valence-corrected chi connectivity index (χ3v) is 6.50. The van der Waals surface area contributed by atoms with Gasteiger partial charge in [-0.15, -0.1) is 0 Å². The smallest absolute Gasteiger partial charge is 0.382 e. The lowest BCUT2D eigenvalue weighted by Crippen LogP contribution is -2.44. The summed E-state index contributed by atoms with van der Waals surface area (Å²) >= 11 is 0. The molecule has 1 aliphatic carbocycles. The number of hydrogen-bond donors (Lipinski definition) is 3. The standard InChI is InChI=1S/C21H27F6N5O3/c1-35-10-14(32-9-15(21(25,26)27)30-19(32)34)12-6-7-29-16(8-12)31-18(33)17(28)11-2-4-13(5-3-11)20(22,23)24/h6-8,11,13-15,17H,2-5,9-10,28H2,1H3,(H,30,34)(H,29,31,33)/t11?,13?,14-,15+,17-/m1/s1. The molecule has 3 atom stereocenters. The van der Waals surface area contributed by atoms with Crippen molar-refractivity contribution in [1.29, 1.82) is 0 Å². The monoisotopic (exact) mass is 511 g/mol. The quantitative estimate of drug-likeness (QED) is 0.487. The van der Waals surface area contributed by atoms with E-state index in [-0.39, 0.29) is 38.1 Å². The maximum Gasteiger partial charge on any atom is 0.410 e. The zero-order valence-electron chi connectivity index (χ0n) is 18.8. The second-order valence-electron chi connectivity index (χ2n) is 8.81. The normalized spacial score (nSPS) is 25.2. The summed E-state index contributed by atoms with van der Waals surface area (Å²) in [6.07, 6.45) is -7.46. The van der Waals surface area contributed by atoms with Crippen LogP contribution in [0.4, 0.5) is 37.0 Å². The molecule has 4 N–H and O–H groups in total.